The molecule has 22 heavy (non-hydrogen) atoms. The third-order valence-electron chi connectivity index (χ3n) is 5.02. The van der Waals surface area contributed by atoms with Gasteiger partial charge < -0.3 is 9.31 Å². The number of hydrogen-bond acceptors (Lipinski definition) is 4. The first kappa shape index (κ1) is 16.4. The second-order valence-corrected chi connectivity index (χ2v) is 8.44. The minimum absolute atomic E-state index is 0.259. The molecule has 0 aliphatic carbocycles. The maximum absolute atomic E-state index is 6.10. The molecular weight excluding hydrogens is 293 g/mol. The van der Waals surface area contributed by atoms with E-state index in [1.165, 1.54) is 30.2 Å². The molecule has 0 unspecified atom stereocenters. The van der Waals surface area contributed by atoms with Gasteiger partial charge in [-0.05, 0) is 38.7 Å². The molecule has 2 heterocycles. The van der Waals surface area contributed by atoms with Crippen molar-refractivity contribution in [2.45, 2.75) is 45.4 Å². The minimum Gasteiger partial charge on any atom is -0.399 e. The molecule has 0 aromatic heterocycles. The highest BCUT2D eigenvalue weighted by molar-refractivity contribution is 7.99. The molecule has 0 bridgehead atoms. The van der Waals surface area contributed by atoms with E-state index in [-0.39, 0.29) is 18.3 Å². The lowest BCUT2D eigenvalue weighted by Crippen LogP contribution is -2.41. The molecular formula is C17H26BNO2S. The first-order valence-corrected chi connectivity index (χ1v) is 9.27. The van der Waals surface area contributed by atoms with Crippen LogP contribution in [0.2, 0.25) is 0 Å². The molecule has 0 spiro atoms. The van der Waals surface area contributed by atoms with Crippen LogP contribution < -0.4 is 5.46 Å². The Morgan fingerprint density at radius 2 is 1.55 bits per heavy atom. The Balaban J connectivity index is 1.65. The fourth-order valence-corrected chi connectivity index (χ4v) is 3.76. The maximum atomic E-state index is 6.10. The van der Waals surface area contributed by atoms with Gasteiger partial charge in [-0.25, -0.2) is 0 Å². The van der Waals surface area contributed by atoms with Crippen molar-refractivity contribution in [3.8, 4) is 0 Å². The molecule has 0 amide bonds. The summed E-state index contributed by atoms with van der Waals surface area (Å²) in [5.74, 6) is 2.51. The molecule has 3 nitrogen and oxygen atoms in total. The molecule has 2 saturated heterocycles. The fourth-order valence-electron chi connectivity index (χ4n) is 2.78. The summed E-state index contributed by atoms with van der Waals surface area (Å²) in [5.41, 5.74) is 1.92. The van der Waals surface area contributed by atoms with Gasteiger partial charge in [-0.1, -0.05) is 24.3 Å². The Morgan fingerprint density at radius 1 is 1.00 bits per heavy atom. The van der Waals surface area contributed by atoms with Crippen LogP contribution >= 0.6 is 11.8 Å². The standard InChI is InChI=1S/C17H26BNO2S/c1-16(2)17(3,4)21-18(20-16)15-7-5-14(6-8-15)13-19-9-11-22-12-10-19/h5-8H,9-13H2,1-4H3. The molecule has 1 aromatic carbocycles. The lowest BCUT2D eigenvalue weighted by Gasteiger charge is -2.32. The van der Waals surface area contributed by atoms with E-state index in [1.807, 2.05) is 0 Å². The Labute approximate surface area is 138 Å². The number of benzene rings is 1. The number of hydrogen-bond donors (Lipinski definition) is 0. The van der Waals surface area contributed by atoms with Crippen LogP contribution in [0.25, 0.3) is 0 Å². The summed E-state index contributed by atoms with van der Waals surface area (Å²) in [4.78, 5) is 2.53. The lowest BCUT2D eigenvalue weighted by molar-refractivity contribution is 0.00578. The van der Waals surface area contributed by atoms with Gasteiger partial charge in [0.2, 0.25) is 0 Å². The van der Waals surface area contributed by atoms with Crippen molar-refractivity contribution < 1.29 is 9.31 Å². The fraction of sp³-hybridized carbons (Fsp3) is 0.647. The van der Waals surface area contributed by atoms with Gasteiger partial charge in [0.1, 0.15) is 0 Å². The van der Waals surface area contributed by atoms with Crippen LogP contribution in [0, 0.1) is 0 Å². The highest BCUT2D eigenvalue weighted by Crippen LogP contribution is 2.36. The van der Waals surface area contributed by atoms with E-state index in [0.29, 0.717) is 0 Å². The van der Waals surface area contributed by atoms with Crippen molar-refractivity contribution in [3.05, 3.63) is 29.8 Å². The van der Waals surface area contributed by atoms with Crippen LogP contribution in [0.4, 0.5) is 0 Å². The summed E-state index contributed by atoms with van der Waals surface area (Å²) < 4.78 is 12.2. The predicted octanol–water partition coefficient (Wildman–Crippen LogP) is 2.53. The Hall–Kier alpha value is -0.485. The van der Waals surface area contributed by atoms with Gasteiger partial charge in [0, 0.05) is 31.1 Å². The highest BCUT2D eigenvalue weighted by Gasteiger charge is 2.51. The number of thioether (sulfide) groups is 1. The van der Waals surface area contributed by atoms with Crippen molar-refractivity contribution in [2.24, 2.45) is 0 Å². The first-order chi connectivity index (χ1) is 10.4. The van der Waals surface area contributed by atoms with Crippen molar-refractivity contribution in [3.63, 3.8) is 0 Å². The summed E-state index contributed by atoms with van der Waals surface area (Å²) in [6.07, 6.45) is 0. The van der Waals surface area contributed by atoms with Crippen LogP contribution in [-0.2, 0) is 15.9 Å². The summed E-state index contributed by atoms with van der Waals surface area (Å²) in [7, 11) is -0.259. The Kier molecular flexibility index (Phi) is 4.61. The molecule has 120 valence electrons. The predicted molar refractivity (Wildman–Crippen MR) is 94.8 cm³/mol. The molecule has 2 aliphatic heterocycles. The molecule has 5 heteroatoms. The SMILES string of the molecule is CC1(C)OB(c2ccc(CN3CCSCC3)cc2)OC1(C)C. The third-order valence-corrected chi connectivity index (χ3v) is 5.96. The summed E-state index contributed by atoms with van der Waals surface area (Å²) >= 11 is 2.05. The average molecular weight is 319 g/mol. The maximum Gasteiger partial charge on any atom is 0.494 e. The smallest absolute Gasteiger partial charge is 0.399 e. The quantitative estimate of drug-likeness (QED) is 0.798. The van der Waals surface area contributed by atoms with Gasteiger partial charge in [0.25, 0.3) is 0 Å². The zero-order valence-electron chi connectivity index (χ0n) is 14.1. The largest absolute Gasteiger partial charge is 0.494 e. The van der Waals surface area contributed by atoms with E-state index in [1.54, 1.807) is 0 Å². The Bertz CT molecular complexity index is 496. The van der Waals surface area contributed by atoms with Gasteiger partial charge in [-0.15, -0.1) is 0 Å². The summed E-state index contributed by atoms with van der Waals surface area (Å²) in [6, 6.07) is 8.72. The Morgan fingerprint density at radius 3 is 2.09 bits per heavy atom. The van der Waals surface area contributed by atoms with E-state index < -0.39 is 0 Å². The molecule has 0 radical (unpaired) electrons. The van der Waals surface area contributed by atoms with E-state index in [0.717, 1.165) is 12.0 Å². The molecule has 0 saturated carbocycles. The van der Waals surface area contributed by atoms with Gasteiger partial charge in [-0.3, -0.25) is 4.90 Å². The van der Waals surface area contributed by atoms with Crippen LogP contribution in [0.15, 0.2) is 24.3 Å². The molecule has 1 aromatic rings. The zero-order valence-corrected chi connectivity index (χ0v) is 14.9. The average Bonchev–Trinajstić information content (AvgIpc) is 2.69. The van der Waals surface area contributed by atoms with Crippen LogP contribution in [0.1, 0.15) is 33.3 Å². The minimum atomic E-state index is -0.276. The second-order valence-electron chi connectivity index (χ2n) is 7.22. The van der Waals surface area contributed by atoms with E-state index in [4.69, 9.17) is 9.31 Å². The highest BCUT2D eigenvalue weighted by atomic mass is 32.2. The van der Waals surface area contributed by atoms with Gasteiger partial charge >= 0.3 is 7.12 Å². The van der Waals surface area contributed by atoms with Gasteiger partial charge in [0.05, 0.1) is 11.2 Å². The topological polar surface area (TPSA) is 21.7 Å². The van der Waals surface area contributed by atoms with Crippen molar-refractivity contribution in [1.82, 2.24) is 4.90 Å². The van der Waals surface area contributed by atoms with Crippen molar-refractivity contribution in [1.29, 1.82) is 0 Å². The normalized spacial score (nSPS) is 24.6. The zero-order chi connectivity index (χ0) is 15.8. The first-order valence-electron chi connectivity index (χ1n) is 8.12. The number of rotatable bonds is 3. The molecule has 0 N–H and O–H groups in total. The number of nitrogens with zero attached hydrogens (tertiary/aromatic N) is 1. The second kappa shape index (κ2) is 6.19. The summed E-state index contributed by atoms with van der Waals surface area (Å²) in [5, 5.41) is 0. The van der Waals surface area contributed by atoms with Crippen LogP contribution in [-0.4, -0.2) is 47.8 Å². The summed E-state index contributed by atoms with van der Waals surface area (Å²) in [6.45, 7) is 11.8. The van der Waals surface area contributed by atoms with Crippen LogP contribution in [0.3, 0.4) is 0 Å². The molecule has 0 atom stereocenters. The van der Waals surface area contributed by atoms with E-state index >= 15 is 0 Å². The van der Waals surface area contributed by atoms with Crippen molar-refractivity contribution in [2.75, 3.05) is 24.6 Å². The van der Waals surface area contributed by atoms with Crippen molar-refractivity contribution >= 4 is 24.3 Å². The van der Waals surface area contributed by atoms with E-state index in [2.05, 4.69) is 68.6 Å². The van der Waals surface area contributed by atoms with E-state index in [9.17, 15) is 0 Å². The lowest BCUT2D eigenvalue weighted by atomic mass is 9.79. The van der Waals surface area contributed by atoms with Gasteiger partial charge in [0.15, 0.2) is 0 Å². The molecule has 2 aliphatic rings. The molecule has 3 rings (SSSR count). The van der Waals surface area contributed by atoms with Crippen LogP contribution in [0.5, 0.6) is 0 Å². The molecule has 2 fully saturated rings. The van der Waals surface area contributed by atoms with Gasteiger partial charge in [-0.2, -0.15) is 11.8 Å². The third kappa shape index (κ3) is 3.38. The monoisotopic (exact) mass is 319 g/mol.